The molecule has 0 bridgehead atoms. The summed E-state index contributed by atoms with van der Waals surface area (Å²) in [6.45, 7) is 1.94. The number of hydrogen-bond acceptors (Lipinski definition) is 5. The lowest BCUT2D eigenvalue weighted by molar-refractivity contribution is 0.900. The standard InChI is InChI=1S/C13H14N4S2/c1-7-5-6-8(11(14)18)12(15-7)17-13-16-9-3-2-4-10(9)19-13/h5-6H,2-4H2,1H3,(H2,14,18)(H,15,16,17). The summed E-state index contributed by atoms with van der Waals surface area (Å²) in [5.41, 5.74) is 8.63. The maximum Gasteiger partial charge on any atom is 0.188 e. The smallest absolute Gasteiger partial charge is 0.188 e. The van der Waals surface area contributed by atoms with E-state index in [1.165, 1.54) is 17.0 Å². The number of pyridine rings is 1. The molecule has 4 nitrogen and oxygen atoms in total. The van der Waals surface area contributed by atoms with Crippen LogP contribution in [0.15, 0.2) is 12.1 Å². The number of thiocarbonyl (C=S) groups is 1. The number of nitrogens with zero attached hydrogens (tertiary/aromatic N) is 2. The summed E-state index contributed by atoms with van der Waals surface area (Å²) < 4.78 is 0. The van der Waals surface area contributed by atoms with Crippen LogP contribution in [0.5, 0.6) is 0 Å². The Bertz CT molecular complexity index is 627. The van der Waals surface area contributed by atoms with Gasteiger partial charge in [-0.1, -0.05) is 12.2 Å². The average Bonchev–Trinajstić information content (AvgIpc) is 2.89. The lowest BCUT2D eigenvalue weighted by atomic mass is 10.2. The maximum atomic E-state index is 5.73. The molecule has 19 heavy (non-hydrogen) atoms. The summed E-state index contributed by atoms with van der Waals surface area (Å²) >= 11 is 6.75. The van der Waals surface area contributed by atoms with Gasteiger partial charge >= 0.3 is 0 Å². The Hall–Kier alpha value is -1.53. The van der Waals surface area contributed by atoms with Crippen molar-refractivity contribution in [1.29, 1.82) is 0 Å². The highest BCUT2D eigenvalue weighted by molar-refractivity contribution is 7.80. The minimum atomic E-state index is 0.346. The predicted octanol–water partition coefficient (Wildman–Crippen LogP) is 2.71. The van der Waals surface area contributed by atoms with Crippen molar-refractivity contribution in [3.8, 4) is 0 Å². The molecule has 0 aromatic carbocycles. The molecule has 0 unspecified atom stereocenters. The van der Waals surface area contributed by atoms with Crippen LogP contribution >= 0.6 is 23.6 Å². The first-order chi connectivity index (χ1) is 9.13. The third-order valence-electron chi connectivity index (χ3n) is 3.12. The maximum absolute atomic E-state index is 5.73. The van der Waals surface area contributed by atoms with Gasteiger partial charge < -0.3 is 11.1 Å². The monoisotopic (exact) mass is 290 g/mol. The van der Waals surface area contributed by atoms with E-state index in [4.69, 9.17) is 18.0 Å². The van der Waals surface area contributed by atoms with Crippen LogP contribution in [0.2, 0.25) is 0 Å². The van der Waals surface area contributed by atoms with Gasteiger partial charge in [-0.15, -0.1) is 11.3 Å². The van der Waals surface area contributed by atoms with Crippen molar-refractivity contribution in [3.63, 3.8) is 0 Å². The van der Waals surface area contributed by atoms with Gasteiger partial charge in [0.2, 0.25) is 0 Å². The SMILES string of the molecule is Cc1ccc(C(N)=S)c(Nc2nc3c(s2)CCC3)n1. The quantitative estimate of drug-likeness (QED) is 0.851. The molecule has 98 valence electrons. The Morgan fingerprint density at radius 1 is 1.37 bits per heavy atom. The highest BCUT2D eigenvalue weighted by Crippen LogP contribution is 2.32. The molecule has 0 saturated heterocycles. The van der Waals surface area contributed by atoms with Gasteiger partial charge in [0.05, 0.1) is 11.3 Å². The molecule has 0 radical (unpaired) electrons. The Balaban J connectivity index is 1.93. The van der Waals surface area contributed by atoms with Crippen molar-refractivity contribution >= 4 is 39.5 Å². The largest absolute Gasteiger partial charge is 0.389 e. The Labute approximate surface area is 121 Å². The van der Waals surface area contributed by atoms with Crippen LogP contribution in [0, 0.1) is 6.92 Å². The molecule has 3 rings (SSSR count). The number of fused-ring (bicyclic) bond motifs is 1. The fraction of sp³-hybridized carbons (Fsp3) is 0.308. The van der Waals surface area contributed by atoms with Gasteiger partial charge in [-0.2, -0.15) is 0 Å². The molecule has 0 fully saturated rings. The summed E-state index contributed by atoms with van der Waals surface area (Å²) in [5.74, 6) is 0.694. The van der Waals surface area contributed by atoms with Gasteiger partial charge in [-0.05, 0) is 38.3 Å². The van der Waals surface area contributed by atoms with Crippen LogP contribution < -0.4 is 11.1 Å². The average molecular weight is 290 g/mol. The number of anilines is 2. The van der Waals surface area contributed by atoms with E-state index in [-0.39, 0.29) is 0 Å². The van der Waals surface area contributed by atoms with Crippen LogP contribution in [0.25, 0.3) is 0 Å². The van der Waals surface area contributed by atoms with Gasteiger partial charge in [0.25, 0.3) is 0 Å². The highest BCUT2D eigenvalue weighted by atomic mass is 32.1. The first kappa shape index (κ1) is 12.5. The van der Waals surface area contributed by atoms with E-state index in [0.29, 0.717) is 10.8 Å². The molecular weight excluding hydrogens is 276 g/mol. The zero-order valence-corrected chi connectivity index (χ0v) is 12.2. The molecule has 0 amide bonds. The zero-order valence-electron chi connectivity index (χ0n) is 10.6. The molecule has 2 aromatic heterocycles. The number of nitrogens with two attached hydrogens (primary N) is 1. The second kappa shape index (κ2) is 4.86. The third-order valence-corrected chi connectivity index (χ3v) is 4.41. The molecule has 0 spiro atoms. The molecule has 0 saturated carbocycles. The molecule has 2 aromatic rings. The first-order valence-electron chi connectivity index (χ1n) is 6.16. The van der Waals surface area contributed by atoms with Crippen molar-refractivity contribution < 1.29 is 0 Å². The summed E-state index contributed by atoms with van der Waals surface area (Å²) in [6, 6.07) is 3.80. The molecule has 1 aliphatic carbocycles. The number of nitrogens with one attached hydrogen (secondary N) is 1. The number of aromatic nitrogens is 2. The van der Waals surface area contributed by atoms with E-state index in [1.54, 1.807) is 11.3 Å². The minimum Gasteiger partial charge on any atom is -0.389 e. The van der Waals surface area contributed by atoms with Crippen LogP contribution in [0.1, 0.15) is 28.2 Å². The van der Waals surface area contributed by atoms with Crippen LogP contribution in [-0.2, 0) is 12.8 Å². The van der Waals surface area contributed by atoms with Gasteiger partial charge in [0.1, 0.15) is 10.8 Å². The van der Waals surface area contributed by atoms with Crippen molar-refractivity contribution in [3.05, 3.63) is 34.0 Å². The number of aryl methyl sites for hydroxylation is 3. The Morgan fingerprint density at radius 3 is 2.95 bits per heavy atom. The van der Waals surface area contributed by atoms with Gasteiger partial charge in [0.15, 0.2) is 5.13 Å². The number of hydrogen-bond donors (Lipinski definition) is 2. The van der Waals surface area contributed by atoms with Crippen molar-refractivity contribution in [2.45, 2.75) is 26.2 Å². The van der Waals surface area contributed by atoms with E-state index in [9.17, 15) is 0 Å². The van der Waals surface area contributed by atoms with Gasteiger partial charge in [-0.3, -0.25) is 0 Å². The first-order valence-corrected chi connectivity index (χ1v) is 7.39. The van der Waals surface area contributed by atoms with E-state index in [1.807, 2.05) is 19.1 Å². The van der Waals surface area contributed by atoms with Gasteiger partial charge in [0, 0.05) is 10.6 Å². The molecule has 0 aliphatic heterocycles. The summed E-state index contributed by atoms with van der Waals surface area (Å²) in [4.78, 5) is 10.8. The molecule has 1 aliphatic rings. The second-order valence-electron chi connectivity index (χ2n) is 4.58. The van der Waals surface area contributed by atoms with E-state index in [0.717, 1.165) is 29.2 Å². The second-order valence-corrected chi connectivity index (χ2v) is 6.10. The van der Waals surface area contributed by atoms with E-state index in [2.05, 4.69) is 15.3 Å². The van der Waals surface area contributed by atoms with Crippen molar-refractivity contribution in [2.75, 3.05) is 5.32 Å². The van der Waals surface area contributed by atoms with Crippen molar-refractivity contribution in [2.24, 2.45) is 5.73 Å². The summed E-state index contributed by atoms with van der Waals surface area (Å²) in [6.07, 6.45) is 3.43. The third kappa shape index (κ3) is 2.46. The highest BCUT2D eigenvalue weighted by Gasteiger charge is 2.17. The fourth-order valence-corrected chi connectivity index (χ4v) is 3.41. The normalized spacial score (nSPS) is 13.3. The van der Waals surface area contributed by atoms with Crippen LogP contribution in [-0.4, -0.2) is 15.0 Å². The molecule has 0 atom stereocenters. The number of rotatable bonds is 3. The summed E-state index contributed by atoms with van der Waals surface area (Å²) in [5, 5.41) is 4.13. The van der Waals surface area contributed by atoms with Crippen LogP contribution in [0.4, 0.5) is 10.9 Å². The van der Waals surface area contributed by atoms with Crippen LogP contribution in [0.3, 0.4) is 0 Å². The Kier molecular flexibility index (Phi) is 3.20. The molecule has 2 heterocycles. The molecule has 3 N–H and O–H groups in total. The van der Waals surface area contributed by atoms with E-state index >= 15 is 0 Å². The summed E-state index contributed by atoms with van der Waals surface area (Å²) in [7, 11) is 0. The predicted molar refractivity (Wildman–Crippen MR) is 82.3 cm³/mol. The topological polar surface area (TPSA) is 63.8 Å². The van der Waals surface area contributed by atoms with Gasteiger partial charge in [-0.25, -0.2) is 9.97 Å². The fourth-order valence-electron chi connectivity index (χ4n) is 2.20. The minimum absolute atomic E-state index is 0.346. The molecule has 6 heteroatoms. The van der Waals surface area contributed by atoms with Crippen molar-refractivity contribution in [1.82, 2.24) is 9.97 Å². The van der Waals surface area contributed by atoms with E-state index < -0.39 is 0 Å². The zero-order chi connectivity index (χ0) is 13.4. The Morgan fingerprint density at radius 2 is 2.21 bits per heavy atom. The lowest BCUT2D eigenvalue weighted by Gasteiger charge is -2.08. The lowest BCUT2D eigenvalue weighted by Crippen LogP contribution is -2.13. The number of thiazole rings is 1. The molecular formula is C13H14N4S2.